The highest BCUT2D eigenvalue weighted by atomic mass is 16.2. The molecule has 1 saturated heterocycles. The minimum atomic E-state index is -0.130. The summed E-state index contributed by atoms with van der Waals surface area (Å²) in [6.07, 6.45) is 0.759. The van der Waals surface area contributed by atoms with E-state index in [1.165, 1.54) is 6.92 Å². The monoisotopic (exact) mass is 247 g/mol. The van der Waals surface area contributed by atoms with E-state index in [1.807, 2.05) is 6.07 Å². The third-order valence-corrected chi connectivity index (χ3v) is 3.06. The van der Waals surface area contributed by atoms with Gasteiger partial charge in [-0.15, -0.1) is 0 Å². The van der Waals surface area contributed by atoms with Crippen molar-refractivity contribution in [1.82, 2.24) is 5.32 Å². The number of benzene rings is 1. The minimum absolute atomic E-state index is 0.00466. The molecule has 2 amide bonds. The molecule has 5 nitrogen and oxygen atoms in total. The number of urea groups is 1. The number of nitrogens with one attached hydrogen (secondary N) is 1. The van der Waals surface area contributed by atoms with Crippen LogP contribution in [0.3, 0.4) is 0 Å². The Labute approximate surface area is 106 Å². The van der Waals surface area contributed by atoms with Gasteiger partial charge < -0.3 is 11.1 Å². The van der Waals surface area contributed by atoms with Crippen molar-refractivity contribution in [2.24, 2.45) is 5.73 Å². The van der Waals surface area contributed by atoms with Crippen molar-refractivity contribution in [3.8, 4) is 0 Å². The van der Waals surface area contributed by atoms with Crippen LogP contribution >= 0.6 is 0 Å². The number of amides is 2. The van der Waals surface area contributed by atoms with Crippen LogP contribution in [0.25, 0.3) is 0 Å². The van der Waals surface area contributed by atoms with Crippen LogP contribution in [0.1, 0.15) is 23.7 Å². The predicted octanol–water partition coefficient (Wildman–Crippen LogP) is 1.14. The highest BCUT2D eigenvalue weighted by molar-refractivity contribution is 5.98. The fourth-order valence-corrected chi connectivity index (χ4v) is 2.08. The Morgan fingerprint density at radius 2 is 2.33 bits per heavy atom. The van der Waals surface area contributed by atoms with E-state index in [9.17, 15) is 9.59 Å². The van der Waals surface area contributed by atoms with Crippen LogP contribution in [0.4, 0.5) is 10.5 Å². The summed E-state index contributed by atoms with van der Waals surface area (Å²) in [5.41, 5.74) is 6.85. The lowest BCUT2D eigenvalue weighted by molar-refractivity contribution is 0.101. The van der Waals surface area contributed by atoms with E-state index in [0.29, 0.717) is 18.7 Å². The summed E-state index contributed by atoms with van der Waals surface area (Å²) in [6.45, 7) is 2.66. The van der Waals surface area contributed by atoms with Gasteiger partial charge in [-0.3, -0.25) is 9.69 Å². The lowest BCUT2D eigenvalue weighted by atomic mass is 10.1. The normalized spacial score (nSPS) is 18.9. The average Bonchev–Trinajstić information content (AvgIpc) is 2.71. The summed E-state index contributed by atoms with van der Waals surface area (Å²) in [5, 5.41) is 2.87. The Bertz CT molecular complexity index is 473. The van der Waals surface area contributed by atoms with Gasteiger partial charge in [0.15, 0.2) is 5.78 Å². The lowest BCUT2D eigenvalue weighted by Crippen LogP contribution is -2.29. The van der Waals surface area contributed by atoms with Gasteiger partial charge in [0.1, 0.15) is 0 Å². The lowest BCUT2D eigenvalue weighted by Gasteiger charge is -2.15. The fraction of sp³-hybridized carbons (Fsp3) is 0.385. The second-order valence-electron chi connectivity index (χ2n) is 4.44. The molecular formula is C13H17N3O2. The second kappa shape index (κ2) is 5.18. The van der Waals surface area contributed by atoms with Crippen LogP contribution in [0.2, 0.25) is 0 Å². The summed E-state index contributed by atoms with van der Waals surface area (Å²) in [5.74, 6) is -0.00466. The van der Waals surface area contributed by atoms with Gasteiger partial charge >= 0.3 is 6.03 Å². The van der Waals surface area contributed by atoms with E-state index in [-0.39, 0.29) is 17.9 Å². The molecule has 1 unspecified atom stereocenters. The molecule has 0 aromatic heterocycles. The van der Waals surface area contributed by atoms with E-state index < -0.39 is 0 Å². The third-order valence-electron chi connectivity index (χ3n) is 3.06. The van der Waals surface area contributed by atoms with Gasteiger partial charge in [0, 0.05) is 23.8 Å². The molecule has 1 aliphatic heterocycles. The number of carbonyl (C=O) groups is 2. The quantitative estimate of drug-likeness (QED) is 0.783. The van der Waals surface area contributed by atoms with Gasteiger partial charge in [0.2, 0.25) is 0 Å². The fourth-order valence-electron chi connectivity index (χ4n) is 2.08. The van der Waals surface area contributed by atoms with Gasteiger partial charge in [-0.1, -0.05) is 12.1 Å². The van der Waals surface area contributed by atoms with Crippen molar-refractivity contribution in [3.63, 3.8) is 0 Å². The number of nitrogens with zero attached hydrogens (tertiary/aromatic N) is 1. The number of ketones is 1. The summed E-state index contributed by atoms with van der Waals surface area (Å²) < 4.78 is 0. The van der Waals surface area contributed by atoms with Crippen molar-refractivity contribution < 1.29 is 9.59 Å². The van der Waals surface area contributed by atoms with Crippen LogP contribution in [0, 0.1) is 0 Å². The predicted molar refractivity (Wildman–Crippen MR) is 69.8 cm³/mol. The second-order valence-corrected chi connectivity index (χ2v) is 4.44. The average molecular weight is 247 g/mol. The van der Waals surface area contributed by atoms with Crippen LogP contribution < -0.4 is 16.0 Å². The summed E-state index contributed by atoms with van der Waals surface area (Å²) >= 11 is 0. The Hall–Kier alpha value is -1.88. The van der Waals surface area contributed by atoms with E-state index in [4.69, 9.17) is 5.73 Å². The first-order chi connectivity index (χ1) is 8.61. The first-order valence-corrected chi connectivity index (χ1v) is 6.01. The molecule has 1 aromatic carbocycles. The first kappa shape index (κ1) is 12.6. The molecule has 1 atom stereocenters. The molecule has 0 spiro atoms. The molecule has 1 heterocycles. The highest BCUT2D eigenvalue weighted by Crippen LogP contribution is 2.20. The molecule has 1 fully saturated rings. The maximum absolute atomic E-state index is 11.8. The zero-order chi connectivity index (χ0) is 13.1. The van der Waals surface area contributed by atoms with E-state index in [2.05, 4.69) is 5.32 Å². The van der Waals surface area contributed by atoms with Gasteiger partial charge in [-0.2, -0.15) is 0 Å². The molecule has 1 aromatic rings. The molecule has 1 aliphatic rings. The summed E-state index contributed by atoms with van der Waals surface area (Å²) in [7, 11) is 0. The van der Waals surface area contributed by atoms with Gasteiger partial charge in [-0.25, -0.2) is 4.79 Å². The van der Waals surface area contributed by atoms with Crippen molar-refractivity contribution in [2.45, 2.75) is 19.4 Å². The zero-order valence-corrected chi connectivity index (χ0v) is 10.3. The third kappa shape index (κ3) is 2.51. The highest BCUT2D eigenvalue weighted by Gasteiger charge is 2.29. The molecule has 96 valence electrons. The molecule has 18 heavy (non-hydrogen) atoms. The van der Waals surface area contributed by atoms with Crippen LogP contribution in [0.5, 0.6) is 0 Å². The standard InChI is InChI=1S/C13H17N3O2/c1-9(17)10-3-2-4-12(7-10)16-8-11(5-6-14)15-13(16)18/h2-4,7,11H,5-6,8,14H2,1H3,(H,15,18). The number of hydrogen-bond donors (Lipinski definition) is 2. The molecule has 2 rings (SSSR count). The molecule has 0 radical (unpaired) electrons. The number of anilines is 1. The summed E-state index contributed by atoms with van der Waals surface area (Å²) in [4.78, 5) is 24.8. The van der Waals surface area contributed by atoms with Crippen LogP contribution in [-0.4, -0.2) is 30.9 Å². The first-order valence-electron chi connectivity index (χ1n) is 6.01. The summed E-state index contributed by atoms with van der Waals surface area (Å²) in [6, 6.07) is 7.06. The minimum Gasteiger partial charge on any atom is -0.333 e. The largest absolute Gasteiger partial charge is 0.333 e. The molecule has 5 heteroatoms. The van der Waals surface area contributed by atoms with Crippen LogP contribution in [-0.2, 0) is 0 Å². The van der Waals surface area contributed by atoms with Crippen molar-refractivity contribution in [1.29, 1.82) is 0 Å². The number of rotatable bonds is 4. The van der Waals surface area contributed by atoms with Gasteiger partial charge in [0.05, 0.1) is 0 Å². The van der Waals surface area contributed by atoms with Crippen molar-refractivity contribution in [3.05, 3.63) is 29.8 Å². The van der Waals surface area contributed by atoms with Crippen molar-refractivity contribution in [2.75, 3.05) is 18.0 Å². The smallest absolute Gasteiger partial charge is 0.322 e. The Morgan fingerprint density at radius 3 is 3.00 bits per heavy atom. The number of nitrogens with two attached hydrogens (primary N) is 1. The van der Waals surface area contributed by atoms with Crippen LogP contribution in [0.15, 0.2) is 24.3 Å². The number of hydrogen-bond acceptors (Lipinski definition) is 3. The van der Waals surface area contributed by atoms with Gasteiger partial charge in [-0.05, 0) is 32.0 Å². The van der Waals surface area contributed by atoms with E-state index in [1.54, 1.807) is 23.1 Å². The Balaban J connectivity index is 2.19. The molecular weight excluding hydrogens is 230 g/mol. The van der Waals surface area contributed by atoms with Gasteiger partial charge in [0.25, 0.3) is 0 Å². The SMILES string of the molecule is CC(=O)c1cccc(N2CC(CCN)NC2=O)c1. The molecule has 0 aliphatic carbocycles. The molecule has 0 saturated carbocycles. The van der Waals surface area contributed by atoms with E-state index >= 15 is 0 Å². The topological polar surface area (TPSA) is 75.4 Å². The number of Topliss-reactive ketones (excluding diaryl/α,β-unsaturated/α-hetero) is 1. The zero-order valence-electron chi connectivity index (χ0n) is 10.3. The Morgan fingerprint density at radius 1 is 1.56 bits per heavy atom. The maximum atomic E-state index is 11.8. The maximum Gasteiger partial charge on any atom is 0.322 e. The molecule has 3 N–H and O–H groups in total. The molecule has 0 bridgehead atoms. The number of carbonyl (C=O) groups excluding carboxylic acids is 2. The Kier molecular flexibility index (Phi) is 3.62. The van der Waals surface area contributed by atoms with Crippen molar-refractivity contribution >= 4 is 17.5 Å². The van der Waals surface area contributed by atoms with E-state index in [0.717, 1.165) is 12.1 Å².